The fourth-order valence-corrected chi connectivity index (χ4v) is 1.68. The van der Waals surface area contributed by atoms with Crippen molar-refractivity contribution >= 4 is 5.97 Å². The molecule has 3 heteroatoms. The Labute approximate surface area is 109 Å². The zero-order valence-corrected chi connectivity index (χ0v) is 11.2. The Morgan fingerprint density at radius 3 is 2.50 bits per heavy atom. The van der Waals surface area contributed by atoms with E-state index in [2.05, 4.69) is 6.92 Å². The van der Waals surface area contributed by atoms with Crippen LogP contribution in [0.15, 0.2) is 30.3 Å². The summed E-state index contributed by atoms with van der Waals surface area (Å²) in [6, 6.07) is 9.01. The minimum absolute atomic E-state index is 0.314. The molecule has 1 unspecified atom stereocenters. The standard InChI is InChI=1S/C15H22O3/c1-3-5-7-12-14(17-4-2)18-15(16)13-10-8-6-9-11-13/h6,8-11,14H,3-5,7,12H2,1-2H3. The number of carbonyl (C=O) groups excluding carboxylic acids is 1. The number of benzene rings is 1. The van der Waals surface area contributed by atoms with Gasteiger partial charge in [-0.2, -0.15) is 0 Å². The average molecular weight is 250 g/mol. The molecule has 0 heterocycles. The Balaban J connectivity index is 2.47. The minimum atomic E-state index is -0.422. The van der Waals surface area contributed by atoms with Crippen LogP contribution in [0.5, 0.6) is 0 Å². The summed E-state index contributed by atoms with van der Waals surface area (Å²) in [7, 11) is 0. The lowest BCUT2D eigenvalue weighted by molar-refractivity contribution is -0.110. The summed E-state index contributed by atoms with van der Waals surface area (Å²) in [5.41, 5.74) is 0.567. The molecule has 1 atom stereocenters. The molecule has 0 aromatic heterocycles. The van der Waals surface area contributed by atoms with Gasteiger partial charge in [0.2, 0.25) is 6.29 Å². The third kappa shape index (κ3) is 5.32. The van der Waals surface area contributed by atoms with Crippen molar-refractivity contribution in [2.24, 2.45) is 0 Å². The van der Waals surface area contributed by atoms with Crippen LogP contribution in [0.1, 0.15) is 49.9 Å². The summed E-state index contributed by atoms with van der Waals surface area (Å²) < 4.78 is 10.8. The first-order valence-corrected chi connectivity index (χ1v) is 6.65. The largest absolute Gasteiger partial charge is 0.432 e. The van der Waals surface area contributed by atoms with E-state index in [9.17, 15) is 4.79 Å². The van der Waals surface area contributed by atoms with Gasteiger partial charge < -0.3 is 9.47 Å². The smallest absolute Gasteiger partial charge is 0.340 e. The number of esters is 1. The highest BCUT2D eigenvalue weighted by Gasteiger charge is 2.15. The summed E-state index contributed by atoms with van der Waals surface area (Å²) in [6.07, 6.45) is 3.63. The van der Waals surface area contributed by atoms with Crippen LogP contribution >= 0.6 is 0 Å². The highest BCUT2D eigenvalue weighted by atomic mass is 16.7. The van der Waals surface area contributed by atoms with E-state index in [1.54, 1.807) is 12.1 Å². The summed E-state index contributed by atoms with van der Waals surface area (Å²) in [5, 5.41) is 0. The number of hydrogen-bond donors (Lipinski definition) is 0. The third-order valence-corrected chi connectivity index (χ3v) is 2.64. The monoisotopic (exact) mass is 250 g/mol. The summed E-state index contributed by atoms with van der Waals surface area (Å²) >= 11 is 0. The van der Waals surface area contributed by atoms with Crippen LogP contribution in [0, 0.1) is 0 Å². The molecule has 100 valence electrons. The maximum atomic E-state index is 11.9. The van der Waals surface area contributed by atoms with Gasteiger partial charge in [-0.15, -0.1) is 0 Å². The van der Waals surface area contributed by atoms with Crippen LogP contribution in [0.2, 0.25) is 0 Å². The van der Waals surface area contributed by atoms with Crippen molar-refractivity contribution in [3.05, 3.63) is 35.9 Å². The fourth-order valence-electron chi connectivity index (χ4n) is 1.68. The zero-order chi connectivity index (χ0) is 13.2. The highest BCUT2D eigenvalue weighted by molar-refractivity contribution is 5.89. The molecule has 1 rings (SSSR count). The number of carbonyl (C=O) groups is 1. The first-order valence-electron chi connectivity index (χ1n) is 6.65. The molecule has 0 saturated carbocycles. The number of ether oxygens (including phenoxy) is 2. The second-order valence-corrected chi connectivity index (χ2v) is 4.15. The SMILES string of the molecule is CCCCCC(OCC)OC(=O)c1ccccc1. The van der Waals surface area contributed by atoms with Crippen LogP contribution in [-0.2, 0) is 9.47 Å². The lowest BCUT2D eigenvalue weighted by atomic mass is 10.2. The molecule has 0 aliphatic carbocycles. The topological polar surface area (TPSA) is 35.5 Å². The van der Waals surface area contributed by atoms with Crippen molar-refractivity contribution in [3.63, 3.8) is 0 Å². The van der Waals surface area contributed by atoms with Crippen LogP contribution in [-0.4, -0.2) is 18.9 Å². The van der Waals surface area contributed by atoms with Crippen LogP contribution in [0.25, 0.3) is 0 Å². The van der Waals surface area contributed by atoms with Crippen molar-refractivity contribution in [1.82, 2.24) is 0 Å². The van der Waals surface area contributed by atoms with E-state index in [4.69, 9.17) is 9.47 Å². The van der Waals surface area contributed by atoms with Gasteiger partial charge in [0.1, 0.15) is 0 Å². The second kappa shape index (κ2) is 8.70. The molecule has 3 nitrogen and oxygen atoms in total. The molecular weight excluding hydrogens is 228 g/mol. The molecule has 1 aromatic rings. The minimum Gasteiger partial charge on any atom is -0.432 e. The van der Waals surface area contributed by atoms with Gasteiger partial charge in [-0.05, 0) is 25.5 Å². The van der Waals surface area contributed by atoms with Gasteiger partial charge >= 0.3 is 5.97 Å². The quantitative estimate of drug-likeness (QED) is 0.400. The summed E-state index contributed by atoms with van der Waals surface area (Å²) in [6.45, 7) is 4.60. The van der Waals surface area contributed by atoms with E-state index >= 15 is 0 Å². The van der Waals surface area contributed by atoms with Crippen LogP contribution in [0.4, 0.5) is 0 Å². The van der Waals surface area contributed by atoms with Crippen molar-refractivity contribution in [2.45, 2.75) is 45.8 Å². The van der Waals surface area contributed by atoms with Gasteiger partial charge in [-0.3, -0.25) is 0 Å². The second-order valence-electron chi connectivity index (χ2n) is 4.15. The van der Waals surface area contributed by atoms with Crippen molar-refractivity contribution in [2.75, 3.05) is 6.61 Å². The third-order valence-electron chi connectivity index (χ3n) is 2.64. The summed E-state index contributed by atoms with van der Waals surface area (Å²) in [5.74, 6) is -0.314. The number of rotatable bonds is 8. The maximum absolute atomic E-state index is 11.9. The lowest BCUT2D eigenvalue weighted by Crippen LogP contribution is -2.21. The van der Waals surface area contributed by atoms with Crippen LogP contribution in [0.3, 0.4) is 0 Å². The highest BCUT2D eigenvalue weighted by Crippen LogP contribution is 2.11. The van der Waals surface area contributed by atoms with Gasteiger partial charge in [0.15, 0.2) is 0 Å². The number of unbranched alkanes of at least 4 members (excludes halogenated alkanes) is 2. The van der Waals surface area contributed by atoms with Crippen molar-refractivity contribution < 1.29 is 14.3 Å². The normalized spacial score (nSPS) is 12.1. The summed E-state index contributed by atoms with van der Waals surface area (Å²) in [4.78, 5) is 11.9. The molecule has 0 aliphatic heterocycles. The maximum Gasteiger partial charge on any atom is 0.340 e. The molecule has 18 heavy (non-hydrogen) atoms. The molecular formula is C15H22O3. The van der Waals surface area contributed by atoms with Gasteiger partial charge in [-0.1, -0.05) is 38.0 Å². The molecule has 0 saturated heterocycles. The van der Waals surface area contributed by atoms with Gasteiger partial charge in [-0.25, -0.2) is 4.79 Å². The fraction of sp³-hybridized carbons (Fsp3) is 0.533. The molecule has 1 aromatic carbocycles. The molecule has 0 amide bonds. The number of hydrogen-bond acceptors (Lipinski definition) is 3. The Bertz CT molecular complexity index is 335. The molecule has 0 N–H and O–H groups in total. The first-order chi connectivity index (χ1) is 8.77. The van der Waals surface area contributed by atoms with Gasteiger partial charge in [0.25, 0.3) is 0 Å². The van der Waals surface area contributed by atoms with Crippen molar-refractivity contribution in [1.29, 1.82) is 0 Å². The van der Waals surface area contributed by atoms with E-state index in [1.165, 1.54) is 0 Å². The molecule has 0 spiro atoms. The van der Waals surface area contributed by atoms with Gasteiger partial charge in [0.05, 0.1) is 5.56 Å². The molecule has 0 bridgehead atoms. The molecule has 0 aliphatic rings. The van der Waals surface area contributed by atoms with Crippen molar-refractivity contribution in [3.8, 4) is 0 Å². The Hall–Kier alpha value is -1.35. The van der Waals surface area contributed by atoms with E-state index < -0.39 is 6.29 Å². The first kappa shape index (κ1) is 14.7. The van der Waals surface area contributed by atoms with E-state index in [-0.39, 0.29) is 5.97 Å². The van der Waals surface area contributed by atoms with E-state index in [0.29, 0.717) is 12.2 Å². The molecule has 0 fully saturated rings. The Kier molecular flexibility index (Phi) is 7.11. The van der Waals surface area contributed by atoms with E-state index in [1.807, 2.05) is 25.1 Å². The van der Waals surface area contributed by atoms with E-state index in [0.717, 1.165) is 25.7 Å². The predicted molar refractivity (Wildman–Crippen MR) is 71.4 cm³/mol. The Morgan fingerprint density at radius 2 is 1.89 bits per heavy atom. The van der Waals surface area contributed by atoms with Gasteiger partial charge in [0, 0.05) is 13.0 Å². The predicted octanol–water partition coefficient (Wildman–Crippen LogP) is 3.79. The van der Waals surface area contributed by atoms with Crippen LogP contribution < -0.4 is 0 Å². The average Bonchev–Trinajstić information content (AvgIpc) is 2.40. The lowest BCUT2D eigenvalue weighted by Gasteiger charge is -2.17. The zero-order valence-electron chi connectivity index (χ0n) is 11.2. The molecule has 0 radical (unpaired) electrons. The Morgan fingerprint density at radius 1 is 1.17 bits per heavy atom.